The van der Waals surface area contributed by atoms with E-state index in [1.807, 2.05) is 54.4 Å². The molecule has 0 radical (unpaired) electrons. The normalized spacial score (nSPS) is 18.0. The third kappa shape index (κ3) is 5.66. The van der Waals surface area contributed by atoms with E-state index in [4.69, 9.17) is 0 Å². The van der Waals surface area contributed by atoms with Gasteiger partial charge in [0.25, 0.3) is 0 Å². The zero-order valence-electron chi connectivity index (χ0n) is 18.2. The number of para-hydroxylation sites is 1. The highest BCUT2D eigenvalue weighted by molar-refractivity contribution is 8.00. The Morgan fingerprint density at radius 1 is 1.17 bits per heavy atom. The average molecular weight is 425 g/mol. The molecule has 5 heteroatoms. The molecule has 0 spiro atoms. The molecule has 2 amide bonds. The molecule has 1 fully saturated rings. The van der Waals surface area contributed by atoms with Gasteiger partial charge in [-0.2, -0.15) is 0 Å². The molecular weight excluding hydrogens is 392 g/mol. The molecule has 0 aliphatic carbocycles. The molecule has 0 bridgehead atoms. The summed E-state index contributed by atoms with van der Waals surface area (Å²) in [4.78, 5) is 30.4. The quantitative estimate of drug-likeness (QED) is 0.530. The first-order valence-corrected chi connectivity index (χ1v) is 11.8. The Morgan fingerprint density at radius 3 is 2.67 bits per heavy atom. The molecular formula is C25H32N2O2S. The van der Waals surface area contributed by atoms with Crippen molar-refractivity contribution in [2.24, 2.45) is 5.92 Å². The number of anilines is 2. The van der Waals surface area contributed by atoms with Crippen LogP contribution in [0.1, 0.15) is 46.0 Å². The van der Waals surface area contributed by atoms with Gasteiger partial charge in [0.05, 0.1) is 0 Å². The van der Waals surface area contributed by atoms with Gasteiger partial charge in [-0.1, -0.05) is 44.5 Å². The summed E-state index contributed by atoms with van der Waals surface area (Å²) in [7, 11) is 1.82. The molecule has 0 N–H and O–H groups in total. The SMILES string of the molecule is CCC1CCCCN(c2cccc(SC(C)CC(=O)N(C)c3ccccc3)c2)C1=O. The van der Waals surface area contributed by atoms with Gasteiger partial charge in [-0.25, -0.2) is 0 Å². The molecule has 0 saturated carbocycles. The van der Waals surface area contributed by atoms with Crippen LogP contribution in [-0.4, -0.2) is 30.7 Å². The standard InChI is InChI=1S/C25H32N2O2S/c1-4-20-11-8-9-16-27(25(20)29)22-14-10-15-23(18-22)30-19(2)17-24(28)26(3)21-12-6-5-7-13-21/h5-7,10,12-15,18-20H,4,8-9,11,16-17H2,1-3H3. The molecule has 1 aliphatic rings. The van der Waals surface area contributed by atoms with Crippen LogP contribution in [0.3, 0.4) is 0 Å². The zero-order chi connectivity index (χ0) is 21.5. The number of hydrogen-bond acceptors (Lipinski definition) is 3. The van der Waals surface area contributed by atoms with E-state index in [1.54, 1.807) is 16.7 Å². The van der Waals surface area contributed by atoms with Crippen LogP contribution in [-0.2, 0) is 9.59 Å². The highest BCUT2D eigenvalue weighted by Crippen LogP contribution is 2.31. The summed E-state index contributed by atoms with van der Waals surface area (Å²) in [5, 5.41) is 0.141. The van der Waals surface area contributed by atoms with Gasteiger partial charge in [0.15, 0.2) is 0 Å². The lowest BCUT2D eigenvalue weighted by molar-refractivity contribution is -0.122. The van der Waals surface area contributed by atoms with Crippen LogP contribution in [0.2, 0.25) is 0 Å². The van der Waals surface area contributed by atoms with Crippen molar-refractivity contribution in [1.29, 1.82) is 0 Å². The van der Waals surface area contributed by atoms with Crippen molar-refractivity contribution in [3.8, 4) is 0 Å². The van der Waals surface area contributed by atoms with Crippen molar-refractivity contribution in [2.45, 2.75) is 56.1 Å². The fraction of sp³-hybridized carbons (Fsp3) is 0.440. The number of benzene rings is 2. The van der Waals surface area contributed by atoms with E-state index in [2.05, 4.69) is 26.0 Å². The molecule has 3 rings (SSSR count). The number of amides is 2. The van der Waals surface area contributed by atoms with Gasteiger partial charge < -0.3 is 9.80 Å². The number of nitrogens with zero attached hydrogens (tertiary/aromatic N) is 2. The summed E-state index contributed by atoms with van der Waals surface area (Å²) >= 11 is 1.69. The van der Waals surface area contributed by atoms with Gasteiger partial charge >= 0.3 is 0 Å². The van der Waals surface area contributed by atoms with E-state index in [0.29, 0.717) is 6.42 Å². The van der Waals surface area contributed by atoms with Crippen molar-refractivity contribution in [3.05, 3.63) is 54.6 Å². The fourth-order valence-corrected chi connectivity index (χ4v) is 4.96. The average Bonchev–Trinajstić information content (AvgIpc) is 2.94. The predicted molar refractivity (Wildman–Crippen MR) is 126 cm³/mol. The maximum atomic E-state index is 12.9. The lowest BCUT2D eigenvalue weighted by atomic mass is 10.00. The second kappa shape index (κ2) is 10.7. The van der Waals surface area contributed by atoms with Crippen molar-refractivity contribution >= 4 is 35.0 Å². The summed E-state index contributed by atoms with van der Waals surface area (Å²) in [5.74, 6) is 0.490. The van der Waals surface area contributed by atoms with E-state index in [1.165, 1.54) is 0 Å². The van der Waals surface area contributed by atoms with Gasteiger partial charge in [0, 0.05) is 47.5 Å². The van der Waals surface area contributed by atoms with Crippen LogP contribution < -0.4 is 9.80 Å². The minimum atomic E-state index is 0.103. The third-order valence-electron chi connectivity index (χ3n) is 5.74. The van der Waals surface area contributed by atoms with Gasteiger partial charge in [-0.15, -0.1) is 11.8 Å². The molecule has 1 aliphatic heterocycles. The highest BCUT2D eigenvalue weighted by atomic mass is 32.2. The van der Waals surface area contributed by atoms with Crippen LogP contribution in [0.25, 0.3) is 0 Å². The largest absolute Gasteiger partial charge is 0.315 e. The van der Waals surface area contributed by atoms with E-state index < -0.39 is 0 Å². The third-order valence-corrected chi connectivity index (χ3v) is 6.83. The van der Waals surface area contributed by atoms with E-state index in [-0.39, 0.29) is 23.0 Å². The fourth-order valence-electron chi connectivity index (χ4n) is 3.93. The summed E-state index contributed by atoms with van der Waals surface area (Å²) in [6.45, 7) is 4.97. The number of thioether (sulfide) groups is 1. The monoisotopic (exact) mass is 424 g/mol. The molecule has 4 nitrogen and oxygen atoms in total. The first kappa shape index (κ1) is 22.4. The summed E-state index contributed by atoms with van der Waals surface area (Å²) in [5.41, 5.74) is 1.89. The minimum absolute atomic E-state index is 0.103. The molecule has 1 saturated heterocycles. The summed E-state index contributed by atoms with van der Waals surface area (Å²) in [6, 6.07) is 17.9. The van der Waals surface area contributed by atoms with Crippen molar-refractivity contribution < 1.29 is 9.59 Å². The van der Waals surface area contributed by atoms with Gasteiger partial charge in [-0.05, 0) is 49.6 Å². The molecule has 160 valence electrons. The molecule has 2 atom stereocenters. The first-order chi connectivity index (χ1) is 14.5. The second-order valence-corrected chi connectivity index (χ2v) is 9.52. The van der Waals surface area contributed by atoms with Crippen molar-refractivity contribution in [1.82, 2.24) is 0 Å². The predicted octanol–water partition coefficient (Wildman–Crippen LogP) is 5.76. The van der Waals surface area contributed by atoms with Gasteiger partial charge in [0.2, 0.25) is 11.8 Å². The number of hydrogen-bond donors (Lipinski definition) is 0. The van der Waals surface area contributed by atoms with Crippen LogP contribution >= 0.6 is 11.8 Å². The number of carbonyl (C=O) groups is 2. The molecule has 1 heterocycles. The Morgan fingerprint density at radius 2 is 1.93 bits per heavy atom. The Balaban J connectivity index is 1.64. The Bertz CT molecular complexity index is 855. The lowest BCUT2D eigenvalue weighted by Gasteiger charge is -2.25. The Labute approximate surface area is 184 Å². The van der Waals surface area contributed by atoms with E-state index in [0.717, 1.165) is 48.5 Å². The van der Waals surface area contributed by atoms with E-state index in [9.17, 15) is 9.59 Å². The van der Waals surface area contributed by atoms with Crippen molar-refractivity contribution in [3.63, 3.8) is 0 Å². The lowest BCUT2D eigenvalue weighted by Crippen LogP contribution is -2.34. The topological polar surface area (TPSA) is 40.6 Å². The maximum Gasteiger partial charge on any atom is 0.230 e. The molecule has 0 aromatic heterocycles. The minimum Gasteiger partial charge on any atom is -0.315 e. The van der Waals surface area contributed by atoms with Crippen LogP contribution in [0.5, 0.6) is 0 Å². The van der Waals surface area contributed by atoms with Crippen LogP contribution in [0, 0.1) is 5.92 Å². The molecule has 2 unspecified atom stereocenters. The van der Waals surface area contributed by atoms with Gasteiger partial charge in [-0.3, -0.25) is 9.59 Å². The summed E-state index contributed by atoms with van der Waals surface area (Å²) < 4.78 is 0. The number of rotatable bonds is 7. The molecule has 2 aromatic rings. The van der Waals surface area contributed by atoms with Crippen LogP contribution in [0.4, 0.5) is 11.4 Å². The zero-order valence-corrected chi connectivity index (χ0v) is 19.0. The van der Waals surface area contributed by atoms with Crippen LogP contribution in [0.15, 0.2) is 59.5 Å². The maximum absolute atomic E-state index is 12.9. The first-order valence-electron chi connectivity index (χ1n) is 10.9. The Kier molecular flexibility index (Phi) is 7.97. The van der Waals surface area contributed by atoms with Gasteiger partial charge in [0.1, 0.15) is 0 Å². The van der Waals surface area contributed by atoms with Crippen molar-refractivity contribution in [2.75, 3.05) is 23.4 Å². The smallest absolute Gasteiger partial charge is 0.230 e. The van der Waals surface area contributed by atoms with E-state index >= 15 is 0 Å². The number of carbonyl (C=O) groups excluding carboxylic acids is 2. The highest BCUT2D eigenvalue weighted by Gasteiger charge is 2.26. The Hall–Kier alpha value is -2.27. The second-order valence-electron chi connectivity index (χ2n) is 8.01. The molecule has 2 aromatic carbocycles. The molecule has 30 heavy (non-hydrogen) atoms. The summed E-state index contributed by atoms with van der Waals surface area (Å²) in [6.07, 6.45) is 4.52.